The van der Waals surface area contributed by atoms with E-state index in [1.54, 1.807) is 0 Å². The maximum Gasteiger partial charge on any atom is 0.101 e. The predicted octanol–water partition coefficient (Wildman–Crippen LogP) is 12.7. The lowest BCUT2D eigenvalue weighted by molar-refractivity contribution is 1.06. The van der Waals surface area contributed by atoms with Gasteiger partial charge in [-0.3, -0.25) is 0 Å². The number of rotatable bonds is 6. The third-order valence-electron chi connectivity index (χ3n) is 10.2. The Kier molecular flexibility index (Phi) is 7.77. The van der Waals surface area contributed by atoms with Crippen LogP contribution >= 0.6 is 0 Å². The molecule has 0 fully saturated rings. The van der Waals surface area contributed by atoms with Crippen LogP contribution in [0.5, 0.6) is 0 Å². The van der Waals surface area contributed by atoms with Crippen LogP contribution in [0.4, 0.5) is 0 Å². The van der Waals surface area contributed by atoms with Gasteiger partial charge in [0.05, 0.1) is 0 Å². The first-order valence-electron chi connectivity index (χ1n) is 18.2. The van der Waals surface area contributed by atoms with E-state index in [0.717, 1.165) is 99.6 Å². The molecule has 4 heteroatoms. The van der Waals surface area contributed by atoms with Gasteiger partial charge in [0.2, 0.25) is 0 Å². The monoisotopic (exact) mass is 688 g/mol. The Balaban J connectivity index is 1.50. The van der Waals surface area contributed by atoms with Crippen molar-refractivity contribution in [2.45, 2.75) is 0 Å². The highest BCUT2D eigenvalue weighted by Gasteiger charge is 2.26. The molecule has 2 heterocycles. The van der Waals surface area contributed by atoms with Crippen molar-refractivity contribution in [3.05, 3.63) is 194 Å². The van der Waals surface area contributed by atoms with Crippen molar-refractivity contribution in [3.8, 4) is 67.3 Å². The summed E-state index contributed by atoms with van der Waals surface area (Å²) in [4.78, 5) is 0. The maximum absolute atomic E-state index is 5.09. The zero-order valence-electron chi connectivity index (χ0n) is 29.3. The maximum atomic E-state index is 5.09. The van der Waals surface area contributed by atoms with E-state index in [-0.39, 0.29) is 0 Å². The molecule has 10 aromatic rings. The zero-order chi connectivity index (χ0) is 35.8. The number of hydrogen-bond donors (Lipinski definition) is 0. The Morgan fingerprint density at radius 2 is 0.463 bits per heavy atom. The number of nitrogens with zero attached hydrogens (tertiary/aromatic N) is 4. The van der Waals surface area contributed by atoms with Crippen LogP contribution in [0.15, 0.2) is 194 Å². The van der Waals surface area contributed by atoms with Crippen LogP contribution in [0, 0.1) is 0 Å². The molecule has 0 spiro atoms. The van der Waals surface area contributed by atoms with E-state index in [9.17, 15) is 0 Å². The summed E-state index contributed by atoms with van der Waals surface area (Å²) in [6.07, 6.45) is 0. The molecule has 0 aliphatic carbocycles. The van der Waals surface area contributed by atoms with Crippen molar-refractivity contribution in [1.29, 1.82) is 0 Å². The van der Waals surface area contributed by atoms with Crippen molar-refractivity contribution in [2.75, 3.05) is 0 Å². The summed E-state index contributed by atoms with van der Waals surface area (Å²) in [5, 5.41) is 26.5. The van der Waals surface area contributed by atoms with Gasteiger partial charge < -0.3 is 0 Å². The van der Waals surface area contributed by atoms with E-state index in [1.165, 1.54) is 0 Å². The van der Waals surface area contributed by atoms with Crippen molar-refractivity contribution >= 4 is 32.3 Å². The van der Waals surface area contributed by atoms with Gasteiger partial charge in [0, 0.05) is 43.8 Å². The third kappa shape index (κ3) is 5.32. The van der Waals surface area contributed by atoms with E-state index in [2.05, 4.69) is 170 Å². The van der Waals surface area contributed by atoms with Crippen LogP contribution in [0.3, 0.4) is 0 Å². The Bertz CT molecular complexity index is 2730. The molecule has 0 aliphatic rings. The molecule has 0 unspecified atom stereocenters. The molecule has 0 saturated heterocycles. The molecule has 0 saturated carbocycles. The van der Waals surface area contributed by atoms with Gasteiger partial charge >= 0.3 is 0 Å². The molecule has 0 amide bonds. The van der Waals surface area contributed by atoms with Gasteiger partial charge in [-0.1, -0.05) is 182 Å². The standard InChI is InChI=1S/C50H32N4/c1-7-19-33(20-8-1)43-39-31-41-42(48(36-25-13-4-14-26-36)52-51-47(41)35-23-11-3-12-24-35)32-40(39)44(34-21-9-2-10-22-34)46-45(43)49(37-27-15-5-16-28-37)53-54-50(46)38-29-17-6-18-30-38/h1-32H. The first-order valence-corrected chi connectivity index (χ1v) is 18.2. The van der Waals surface area contributed by atoms with Gasteiger partial charge in [-0.25, -0.2) is 0 Å². The quantitative estimate of drug-likeness (QED) is 0.163. The van der Waals surface area contributed by atoms with Crippen LogP contribution in [0.2, 0.25) is 0 Å². The van der Waals surface area contributed by atoms with Gasteiger partial charge in [0.25, 0.3) is 0 Å². The topological polar surface area (TPSA) is 51.6 Å². The summed E-state index contributed by atoms with van der Waals surface area (Å²) in [7, 11) is 0. The molecule has 252 valence electrons. The second kappa shape index (κ2) is 13.4. The van der Waals surface area contributed by atoms with E-state index in [4.69, 9.17) is 20.4 Å². The first-order chi connectivity index (χ1) is 26.8. The summed E-state index contributed by atoms with van der Waals surface area (Å²) in [5.74, 6) is 0. The molecule has 8 aromatic carbocycles. The third-order valence-corrected chi connectivity index (χ3v) is 10.2. The number of hydrogen-bond acceptors (Lipinski definition) is 4. The minimum atomic E-state index is 0.837. The number of benzene rings is 8. The van der Waals surface area contributed by atoms with Crippen LogP contribution in [0.25, 0.3) is 99.6 Å². The fraction of sp³-hybridized carbons (Fsp3) is 0. The molecular weight excluding hydrogens is 657 g/mol. The molecule has 0 radical (unpaired) electrons. The molecular formula is C50H32N4. The number of aromatic nitrogens is 4. The molecule has 2 aromatic heterocycles. The van der Waals surface area contributed by atoms with Crippen LogP contribution < -0.4 is 0 Å². The minimum Gasteiger partial charge on any atom is -0.149 e. The Morgan fingerprint density at radius 3 is 0.759 bits per heavy atom. The van der Waals surface area contributed by atoms with Gasteiger partial charge in [-0.05, 0) is 45.2 Å². The lowest BCUT2D eigenvalue weighted by Gasteiger charge is -2.22. The molecule has 0 N–H and O–H groups in total. The Morgan fingerprint density at radius 1 is 0.222 bits per heavy atom. The predicted molar refractivity (Wildman–Crippen MR) is 223 cm³/mol. The fourth-order valence-electron chi connectivity index (χ4n) is 7.83. The largest absolute Gasteiger partial charge is 0.149 e. The van der Waals surface area contributed by atoms with E-state index >= 15 is 0 Å². The Hall–Kier alpha value is -7.30. The van der Waals surface area contributed by atoms with Gasteiger partial charge in [0.15, 0.2) is 0 Å². The summed E-state index contributed by atoms with van der Waals surface area (Å²) >= 11 is 0. The van der Waals surface area contributed by atoms with E-state index in [0.29, 0.717) is 0 Å². The summed E-state index contributed by atoms with van der Waals surface area (Å²) in [6, 6.07) is 67.7. The van der Waals surface area contributed by atoms with Gasteiger partial charge in [-0.15, -0.1) is 20.4 Å². The molecule has 0 atom stereocenters. The second-order valence-electron chi connectivity index (χ2n) is 13.4. The highest BCUT2D eigenvalue weighted by atomic mass is 15.1. The SMILES string of the molecule is c1ccc(-c2nnc(-c3ccccc3)c3cc4c(-c5ccccc5)c5c(-c6ccccc6)nnc(-c6ccccc6)c5c(-c5ccccc5)c4cc23)cc1. The summed E-state index contributed by atoms with van der Waals surface area (Å²) in [6.45, 7) is 0. The summed E-state index contributed by atoms with van der Waals surface area (Å²) < 4.78 is 0. The van der Waals surface area contributed by atoms with E-state index < -0.39 is 0 Å². The number of fused-ring (bicyclic) bond motifs is 3. The van der Waals surface area contributed by atoms with Crippen molar-refractivity contribution < 1.29 is 0 Å². The Labute approximate surface area is 313 Å². The molecule has 10 rings (SSSR count). The fourth-order valence-corrected chi connectivity index (χ4v) is 7.83. The van der Waals surface area contributed by atoms with E-state index in [1.807, 2.05) is 24.3 Å². The molecule has 4 nitrogen and oxygen atoms in total. The zero-order valence-corrected chi connectivity index (χ0v) is 29.3. The average Bonchev–Trinajstić information content (AvgIpc) is 3.26. The molecule has 0 aliphatic heterocycles. The van der Waals surface area contributed by atoms with Crippen LogP contribution in [-0.4, -0.2) is 20.4 Å². The summed E-state index contributed by atoms with van der Waals surface area (Å²) in [5.41, 5.74) is 11.8. The van der Waals surface area contributed by atoms with Crippen molar-refractivity contribution in [3.63, 3.8) is 0 Å². The average molecular weight is 689 g/mol. The normalized spacial score (nSPS) is 11.3. The van der Waals surface area contributed by atoms with Gasteiger partial charge in [-0.2, -0.15) is 0 Å². The van der Waals surface area contributed by atoms with Crippen molar-refractivity contribution in [1.82, 2.24) is 20.4 Å². The lowest BCUT2D eigenvalue weighted by Crippen LogP contribution is -2.01. The lowest BCUT2D eigenvalue weighted by atomic mass is 9.82. The highest BCUT2D eigenvalue weighted by Crippen LogP contribution is 2.50. The minimum absolute atomic E-state index is 0.837. The van der Waals surface area contributed by atoms with Crippen LogP contribution in [0.1, 0.15) is 0 Å². The second-order valence-corrected chi connectivity index (χ2v) is 13.4. The molecule has 0 bridgehead atoms. The van der Waals surface area contributed by atoms with Crippen LogP contribution in [-0.2, 0) is 0 Å². The van der Waals surface area contributed by atoms with Crippen molar-refractivity contribution in [2.24, 2.45) is 0 Å². The highest BCUT2D eigenvalue weighted by molar-refractivity contribution is 6.29. The van der Waals surface area contributed by atoms with Gasteiger partial charge in [0.1, 0.15) is 22.8 Å². The molecule has 54 heavy (non-hydrogen) atoms. The first kappa shape index (κ1) is 31.4. The smallest absolute Gasteiger partial charge is 0.101 e.